The van der Waals surface area contributed by atoms with E-state index in [2.05, 4.69) is 10.1 Å². The monoisotopic (exact) mass is 387 g/mol. The fourth-order valence-electron chi connectivity index (χ4n) is 2.15. The molecular weight excluding hydrogens is 378 g/mol. The highest BCUT2D eigenvalue weighted by Gasteiger charge is 2.33. The molecule has 0 spiro atoms. The van der Waals surface area contributed by atoms with Crippen LogP contribution in [0.2, 0.25) is 5.02 Å². The Kier molecular flexibility index (Phi) is 4.73. The van der Waals surface area contributed by atoms with Crippen LogP contribution in [0.3, 0.4) is 0 Å². The van der Waals surface area contributed by atoms with Gasteiger partial charge in [0.25, 0.3) is 5.88 Å². The largest absolute Gasteiger partial charge is 0.494 e. The van der Waals surface area contributed by atoms with Crippen molar-refractivity contribution >= 4 is 11.6 Å². The van der Waals surface area contributed by atoms with E-state index in [0.717, 1.165) is 16.9 Å². The first kappa shape index (κ1) is 18.0. The third kappa shape index (κ3) is 3.57. The molecule has 1 aromatic carbocycles. The molecule has 0 N–H and O–H groups in total. The van der Waals surface area contributed by atoms with E-state index in [1.807, 2.05) is 0 Å². The van der Waals surface area contributed by atoms with Crippen molar-refractivity contribution in [3.63, 3.8) is 0 Å². The Morgan fingerprint density at radius 1 is 1.15 bits per heavy atom. The minimum Gasteiger partial charge on any atom is -0.494 e. The van der Waals surface area contributed by atoms with E-state index in [4.69, 9.17) is 21.1 Å². The molecule has 2 heterocycles. The summed E-state index contributed by atoms with van der Waals surface area (Å²) in [5, 5.41) is 3.77. The highest BCUT2D eigenvalue weighted by Crippen LogP contribution is 2.37. The molecule has 0 fully saturated rings. The van der Waals surface area contributed by atoms with Crippen LogP contribution in [0.1, 0.15) is 5.56 Å². The van der Waals surface area contributed by atoms with Crippen LogP contribution in [0.5, 0.6) is 17.4 Å². The summed E-state index contributed by atoms with van der Waals surface area (Å²) in [5.41, 5.74) is -0.896. The van der Waals surface area contributed by atoms with Crippen LogP contribution in [0, 0.1) is 5.82 Å². The fourth-order valence-corrected chi connectivity index (χ4v) is 2.29. The molecule has 10 heteroatoms. The molecule has 3 rings (SSSR count). The van der Waals surface area contributed by atoms with Crippen molar-refractivity contribution in [2.45, 2.75) is 6.18 Å². The van der Waals surface area contributed by atoms with Crippen molar-refractivity contribution in [1.29, 1.82) is 0 Å². The molecule has 2 aromatic heterocycles. The Hall–Kier alpha value is -2.81. The molecule has 3 aromatic rings. The van der Waals surface area contributed by atoms with Gasteiger partial charge in [-0.15, -0.1) is 0 Å². The predicted molar refractivity (Wildman–Crippen MR) is 84.4 cm³/mol. The van der Waals surface area contributed by atoms with E-state index in [0.29, 0.717) is 6.20 Å². The number of benzene rings is 1. The molecule has 136 valence electrons. The van der Waals surface area contributed by atoms with E-state index in [1.165, 1.54) is 31.5 Å². The number of hydrogen-bond donors (Lipinski definition) is 0. The van der Waals surface area contributed by atoms with Gasteiger partial charge in [-0.2, -0.15) is 18.3 Å². The fraction of sp³-hybridized carbons (Fsp3) is 0.125. The van der Waals surface area contributed by atoms with Gasteiger partial charge in [0.05, 0.1) is 23.9 Å². The molecule has 0 saturated heterocycles. The second kappa shape index (κ2) is 6.83. The van der Waals surface area contributed by atoms with Crippen molar-refractivity contribution < 1.29 is 27.0 Å². The number of para-hydroxylation sites is 1. The molecule has 0 aliphatic carbocycles. The maximum atomic E-state index is 13.9. The van der Waals surface area contributed by atoms with Crippen molar-refractivity contribution in [2.75, 3.05) is 7.11 Å². The number of halogens is 5. The summed E-state index contributed by atoms with van der Waals surface area (Å²) in [4.78, 5) is 3.73. The van der Waals surface area contributed by atoms with Gasteiger partial charge in [-0.05, 0) is 18.2 Å². The number of ether oxygens (including phenoxy) is 2. The standard InChI is InChI=1S/C16H10ClF4N3O2/c1-25-12-3-2-4-13(26-15-11(18)5-10(17)7-22-15)14(12)24-8-9(6-23-24)16(19,20)21/h2-8H,1H3. The second-order valence-corrected chi connectivity index (χ2v) is 5.46. The number of hydrogen-bond acceptors (Lipinski definition) is 4. The molecule has 0 aliphatic heterocycles. The SMILES string of the molecule is COc1cccc(Oc2ncc(Cl)cc2F)c1-n1cc(C(F)(F)F)cn1. The van der Waals surface area contributed by atoms with Crippen LogP contribution in [0.15, 0.2) is 42.9 Å². The summed E-state index contributed by atoms with van der Waals surface area (Å²) in [7, 11) is 1.33. The topological polar surface area (TPSA) is 49.2 Å². The Labute approximate surface area is 149 Å². The molecule has 0 bridgehead atoms. The van der Waals surface area contributed by atoms with Crippen LogP contribution in [-0.4, -0.2) is 21.9 Å². The zero-order valence-electron chi connectivity index (χ0n) is 13.1. The van der Waals surface area contributed by atoms with Crippen molar-refractivity contribution in [3.05, 3.63) is 59.3 Å². The Bertz CT molecular complexity index is 943. The Morgan fingerprint density at radius 2 is 1.88 bits per heavy atom. The van der Waals surface area contributed by atoms with Crippen LogP contribution < -0.4 is 9.47 Å². The molecule has 0 saturated carbocycles. The summed E-state index contributed by atoms with van der Waals surface area (Å²) >= 11 is 5.64. The van der Waals surface area contributed by atoms with Crippen molar-refractivity contribution in [1.82, 2.24) is 14.8 Å². The lowest BCUT2D eigenvalue weighted by Crippen LogP contribution is -2.04. The van der Waals surface area contributed by atoms with Gasteiger partial charge in [0.1, 0.15) is 11.4 Å². The van der Waals surface area contributed by atoms with E-state index >= 15 is 0 Å². The minimum absolute atomic E-state index is 0.00473. The van der Waals surface area contributed by atoms with Gasteiger partial charge in [-0.1, -0.05) is 17.7 Å². The molecule has 0 atom stereocenters. The van der Waals surface area contributed by atoms with E-state index in [1.54, 1.807) is 0 Å². The Balaban J connectivity index is 2.08. The highest BCUT2D eigenvalue weighted by atomic mass is 35.5. The average Bonchev–Trinajstić information content (AvgIpc) is 3.07. The zero-order valence-corrected chi connectivity index (χ0v) is 13.8. The number of rotatable bonds is 4. The number of methoxy groups -OCH3 is 1. The summed E-state index contributed by atoms with van der Waals surface area (Å²) in [5.74, 6) is -1.06. The van der Waals surface area contributed by atoms with Gasteiger partial charge in [-0.25, -0.2) is 14.1 Å². The minimum atomic E-state index is -4.56. The van der Waals surface area contributed by atoms with Gasteiger partial charge in [0.15, 0.2) is 11.6 Å². The van der Waals surface area contributed by atoms with Crippen LogP contribution >= 0.6 is 11.6 Å². The molecule has 5 nitrogen and oxygen atoms in total. The summed E-state index contributed by atoms with van der Waals surface area (Å²) < 4.78 is 64.0. The first-order valence-corrected chi connectivity index (χ1v) is 7.45. The van der Waals surface area contributed by atoms with Crippen LogP contribution in [0.25, 0.3) is 5.69 Å². The first-order chi connectivity index (χ1) is 12.3. The average molecular weight is 388 g/mol. The Morgan fingerprint density at radius 3 is 2.50 bits per heavy atom. The van der Waals surface area contributed by atoms with Gasteiger partial charge in [0, 0.05) is 12.4 Å². The quantitative estimate of drug-likeness (QED) is 0.599. The van der Waals surface area contributed by atoms with E-state index in [9.17, 15) is 17.6 Å². The maximum absolute atomic E-state index is 13.9. The second-order valence-electron chi connectivity index (χ2n) is 5.02. The lowest BCUT2D eigenvalue weighted by Gasteiger charge is -2.14. The van der Waals surface area contributed by atoms with Gasteiger partial charge in [-0.3, -0.25) is 0 Å². The van der Waals surface area contributed by atoms with Crippen molar-refractivity contribution in [3.8, 4) is 23.1 Å². The molecule has 0 radical (unpaired) electrons. The molecular formula is C16H10ClF4N3O2. The lowest BCUT2D eigenvalue weighted by atomic mass is 10.2. The predicted octanol–water partition coefficient (Wildman–Crippen LogP) is 4.88. The molecule has 26 heavy (non-hydrogen) atoms. The number of aromatic nitrogens is 3. The normalized spacial score (nSPS) is 11.5. The molecule has 0 amide bonds. The number of pyridine rings is 1. The van der Waals surface area contributed by atoms with Crippen LogP contribution in [-0.2, 0) is 6.18 Å². The third-order valence-electron chi connectivity index (χ3n) is 3.30. The number of alkyl halides is 3. The molecule has 0 unspecified atom stereocenters. The summed E-state index contributed by atoms with van der Waals surface area (Å²) in [6, 6.07) is 5.45. The van der Waals surface area contributed by atoms with Crippen molar-refractivity contribution in [2.24, 2.45) is 0 Å². The summed E-state index contributed by atoms with van der Waals surface area (Å²) in [6.45, 7) is 0. The van der Waals surface area contributed by atoms with Crippen LogP contribution in [0.4, 0.5) is 17.6 Å². The van der Waals surface area contributed by atoms with Gasteiger partial charge < -0.3 is 9.47 Å². The van der Waals surface area contributed by atoms with Gasteiger partial charge in [0.2, 0.25) is 0 Å². The maximum Gasteiger partial charge on any atom is 0.419 e. The third-order valence-corrected chi connectivity index (χ3v) is 3.51. The lowest BCUT2D eigenvalue weighted by molar-refractivity contribution is -0.137. The smallest absolute Gasteiger partial charge is 0.419 e. The van der Waals surface area contributed by atoms with E-state index in [-0.39, 0.29) is 22.2 Å². The number of nitrogens with zero attached hydrogens (tertiary/aromatic N) is 3. The van der Waals surface area contributed by atoms with E-state index < -0.39 is 23.4 Å². The van der Waals surface area contributed by atoms with Gasteiger partial charge >= 0.3 is 6.18 Å². The highest BCUT2D eigenvalue weighted by molar-refractivity contribution is 6.30. The molecule has 0 aliphatic rings. The first-order valence-electron chi connectivity index (χ1n) is 7.07. The summed E-state index contributed by atoms with van der Waals surface area (Å²) in [6.07, 6.45) is -1.95. The zero-order chi connectivity index (χ0) is 18.9.